The zero-order valence-corrected chi connectivity index (χ0v) is 20.3. The lowest BCUT2D eigenvalue weighted by Crippen LogP contribution is -2.41. The molecule has 0 aliphatic rings. The van der Waals surface area contributed by atoms with Gasteiger partial charge in [-0.1, -0.05) is 24.3 Å². The molecule has 38 heavy (non-hydrogen) atoms. The number of hydrogen-bond donors (Lipinski definition) is 4. The van der Waals surface area contributed by atoms with Crippen LogP contribution in [0.4, 0.5) is 15.8 Å². The molecule has 0 spiro atoms. The maximum atomic E-state index is 13.7. The number of phenolic OH excluding ortho intramolecular Hbond substituents is 1. The van der Waals surface area contributed by atoms with Gasteiger partial charge in [-0.3, -0.25) is 30.6 Å². The number of furan rings is 1. The van der Waals surface area contributed by atoms with Gasteiger partial charge < -0.3 is 14.8 Å². The highest BCUT2D eigenvalue weighted by Gasteiger charge is 2.20. The van der Waals surface area contributed by atoms with Crippen molar-refractivity contribution in [1.82, 2.24) is 10.9 Å². The van der Waals surface area contributed by atoms with E-state index in [2.05, 4.69) is 16.2 Å². The summed E-state index contributed by atoms with van der Waals surface area (Å²) in [5.74, 6) is -2.53. The van der Waals surface area contributed by atoms with E-state index in [1.54, 1.807) is 18.2 Å². The number of nitro benzene ring substituents is 1. The number of hydrazine groups is 1. The average Bonchev–Trinajstić information content (AvgIpc) is 3.37. The molecule has 1 heterocycles. The lowest BCUT2D eigenvalue weighted by molar-refractivity contribution is -0.385. The summed E-state index contributed by atoms with van der Waals surface area (Å²) >= 11 is 0. The highest BCUT2D eigenvalue weighted by molar-refractivity contribution is 6.01. The Morgan fingerprint density at radius 3 is 2.39 bits per heavy atom. The predicted molar refractivity (Wildman–Crippen MR) is 137 cm³/mol. The Labute approximate surface area is 216 Å². The number of benzene rings is 3. The van der Waals surface area contributed by atoms with Gasteiger partial charge in [-0.05, 0) is 66.9 Å². The van der Waals surface area contributed by atoms with E-state index in [4.69, 9.17) is 4.42 Å². The van der Waals surface area contributed by atoms with E-state index in [0.717, 1.165) is 23.3 Å². The molecule has 0 saturated carbocycles. The number of hydrogen-bond acceptors (Lipinski definition) is 7. The Hall–Kier alpha value is -5.19. The van der Waals surface area contributed by atoms with Crippen LogP contribution in [0.1, 0.15) is 45.0 Å². The van der Waals surface area contributed by atoms with E-state index in [-0.39, 0.29) is 23.2 Å². The van der Waals surface area contributed by atoms with E-state index in [1.165, 1.54) is 24.5 Å². The van der Waals surface area contributed by atoms with Crippen LogP contribution in [0.2, 0.25) is 0 Å². The van der Waals surface area contributed by atoms with Crippen LogP contribution in [0.5, 0.6) is 5.75 Å². The number of carbonyl (C=O) groups excluding carboxylic acids is 2. The molecular formula is C27H23FN4O6. The number of anilines is 1. The van der Waals surface area contributed by atoms with Crippen LogP contribution in [-0.2, 0) is 0 Å². The maximum absolute atomic E-state index is 13.7. The first-order chi connectivity index (χ1) is 18.1. The Morgan fingerprint density at radius 2 is 1.71 bits per heavy atom. The van der Waals surface area contributed by atoms with Gasteiger partial charge in [0.2, 0.25) is 5.76 Å². The molecule has 4 aromatic rings. The quantitative estimate of drug-likeness (QED) is 0.193. The van der Waals surface area contributed by atoms with Gasteiger partial charge in [-0.2, -0.15) is 0 Å². The second-order valence-corrected chi connectivity index (χ2v) is 8.54. The summed E-state index contributed by atoms with van der Waals surface area (Å²) in [6.45, 7) is 3.76. The molecule has 0 aliphatic carbocycles. The van der Waals surface area contributed by atoms with E-state index >= 15 is 0 Å². The minimum atomic E-state index is -0.829. The van der Waals surface area contributed by atoms with Crippen molar-refractivity contribution < 1.29 is 28.4 Å². The van der Waals surface area contributed by atoms with Gasteiger partial charge in [-0.25, -0.2) is 4.39 Å². The number of nitrogens with one attached hydrogen (secondary N) is 3. The third kappa shape index (κ3) is 5.78. The first kappa shape index (κ1) is 25.9. The molecule has 0 aliphatic heterocycles. The van der Waals surface area contributed by atoms with Crippen molar-refractivity contribution in [3.05, 3.63) is 111 Å². The molecule has 0 bridgehead atoms. The number of aromatic hydroxyl groups is 1. The fourth-order valence-corrected chi connectivity index (χ4v) is 3.87. The van der Waals surface area contributed by atoms with Crippen LogP contribution < -0.4 is 16.2 Å². The number of nitro groups is 1. The molecule has 0 radical (unpaired) electrons. The summed E-state index contributed by atoms with van der Waals surface area (Å²) in [6, 6.07) is 16.6. The average molecular weight is 519 g/mol. The van der Waals surface area contributed by atoms with Crippen molar-refractivity contribution in [3.63, 3.8) is 0 Å². The normalized spacial score (nSPS) is 11.4. The highest BCUT2D eigenvalue weighted by atomic mass is 19.1. The van der Waals surface area contributed by atoms with Gasteiger partial charge >= 0.3 is 11.6 Å². The van der Waals surface area contributed by atoms with Crippen molar-refractivity contribution >= 4 is 23.2 Å². The standard InChI is InChI=1S/C27H23FN4O6/c1-15-11-20(28)14-21(12-15)29-16(2)17-3-5-18(6-4-17)22-9-10-38-25(22)27(35)31-30-26(34)19-7-8-24(33)23(13-19)32(36)37/h3-14,16,29,33H,1-2H3,(H,30,34)(H,31,35). The smallest absolute Gasteiger partial charge is 0.311 e. The monoisotopic (exact) mass is 518 g/mol. The summed E-state index contributed by atoms with van der Waals surface area (Å²) in [5.41, 5.74) is 7.17. The maximum Gasteiger partial charge on any atom is 0.311 e. The van der Waals surface area contributed by atoms with Crippen LogP contribution in [0.3, 0.4) is 0 Å². The third-order valence-corrected chi connectivity index (χ3v) is 5.74. The van der Waals surface area contributed by atoms with Gasteiger partial charge in [0.05, 0.1) is 11.2 Å². The second-order valence-electron chi connectivity index (χ2n) is 8.54. The molecular weight excluding hydrogens is 495 g/mol. The molecule has 1 atom stereocenters. The van der Waals surface area contributed by atoms with Gasteiger partial charge in [0.1, 0.15) is 5.82 Å². The molecule has 4 rings (SSSR count). The first-order valence-electron chi connectivity index (χ1n) is 11.4. The fraction of sp³-hybridized carbons (Fsp3) is 0.111. The van der Waals surface area contributed by atoms with E-state index in [0.29, 0.717) is 16.8 Å². The summed E-state index contributed by atoms with van der Waals surface area (Å²) in [4.78, 5) is 35.2. The highest BCUT2D eigenvalue weighted by Crippen LogP contribution is 2.28. The van der Waals surface area contributed by atoms with Gasteiger partial charge in [0.15, 0.2) is 5.75 Å². The van der Waals surface area contributed by atoms with Gasteiger partial charge in [0.25, 0.3) is 5.91 Å². The van der Waals surface area contributed by atoms with Crippen LogP contribution in [0.25, 0.3) is 11.1 Å². The van der Waals surface area contributed by atoms with Gasteiger partial charge in [0, 0.05) is 28.9 Å². The van der Waals surface area contributed by atoms with Crippen molar-refractivity contribution in [2.75, 3.05) is 5.32 Å². The number of halogens is 1. The van der Waals surface area contributed by atoms with Crippen molar-refractivity contribution in [3.8, 4) is 16.9 Å². The SMILES string of the molecule is Cc1cc(F)cc(NC(C)c2ccc(-c3ccoc3C(=O)NNC(=O)c3ccc(O)c([N+](=O)[O-])c3)cc2)c1. The fourth-order valence-electron chi connectivity index (χ4n) is 3.87. The molecule has 0 saturated heterocycles. The molecule has 194 valence electrons. The van der Waals surface area contributed by atoms with Crippen molar-refractivity contribution in [1.29, 1.82) is 0 Å². The Bertz CT molecular complexity index is 1500. The summed E-state index contributed by atoms with van der Waals surface area (Å²) in [5, 5.41) is 23.8. The minimum absolute atomic E-state index is 0.0591. The first-order valence-corrected chi connectivity index (χ1v) is 11.4. The van der Waals surface area contributed by atoms with Crippen molar-refractivity contribution in [2.45, 2.75) is 19.9 Å². The molecule has 4 N–H and O–H groups in total. The zero-order chi connectivity index (χ0) is 27.4. The molecule has 11 heteroatoms. The number of amides is 2. The molecule has 1 unspecified atom stereocenters. The topological polar surface area (TPSA) is 147 Å². The molecule has 10 nitrogen and oxygen atoms in total. The van der Waals surface area contributed by atoms with Gasteiger partial charge in [-0.15, -0.1) is 0 Å². The predicted octanol–water partition coefficient (Wildman–Crippen LogP) is 5.26. The van der Waals surface area contributed by atoms with Crippen molar-refractivity contribution in [2.24, 2.45) is 0 Å². The van der Waals surface area contributed by atoms with E-state index < -0.39 is 28.2 Å². The van der Waals surface area contributed by atoms with E-state index in [1.807, 2.05) is 32.0 Å². The number of aryl methyl sites for hydroxylation is 1. The molecule has 3 aromatic carbocycles. The minimum Gasteiger partial charge on any atom is -0.502 e. The van der Waals surface area contributed by atoms with Crippen LogP contribution in [-0.4, -0.2) is 21.8 Å². The summed E-state index contributed by atoms with van der Waals surface area (Å²) in [6.07, 6.45) is 1.33. The van der Waals surface area contributed by atoms with E-state index in [9.17, 15) is 29.2 Å². The second kappa shape index (κ2) is 10.8. The summed E-state index contributed by atoms with van der Waals surface area (Å²) in [7, 11) is 0. The number of nitrogens with zero attached hydrogens (tertiary/aromatic N) is 1. The number of rotatable bonds is 7. The Morgan fingerprint density at radius 1 is 1.00 bits per heavy atom. The summed E-state index contributed by atoms with van der Waals surface area (Å²) < 4.78 is 19.0. The number of carbonyl (C=O) groups is 2. The largest absolute Gasteiger partial charge is 0.502 e. The zero-order valence-electron chi connectivity index (χ0n) is 20.3. The number of phenols is 1. The lowest BCUT2D eigenvalue weighted by Gasteiger charge is -2.17. The Balaban J connectivity index is 1.42. The lowest BCUT2D eigenvalue weighted by atomic mass is 10.0. The molecule has 2 amide bonds. The third-order valence-electron chi connectivity index (χ3n) is 5.74. The van der Waals surface area contributed by atoms with Crippen LogP contribution >= 0.6 is 0 Å². The van der Waals surface area contributed by atoms with Crippen LogP contribution in [0.15, 0.2) is 77.4 Å². The van der Waals surface area contributed by atoms with Crippen LogP contribution in [0, 0.1) is 22.9 Å². The Kier molecular flexibility index (Phi) is 7.38. The molecule has 0 fully saturated rings. The molecule has 1 aromatic heterocycles.